The molecule has 0 heteroatoms. The van der Waals surface area contributed by atoms with Crippen LogP contribution in [0.4, 0.5) is 0 Å². The highest BCUT2D eigenvalue weighted by Crippen LogP contribution is 2.52. The predicted molar refractivity (Wildman–Crippen MR) is 89.3 cm³/mol. The molecule has 2 unspecified atom stereocenters. The van der Waals surface area contributed by atoms with E-state index in [1.165, 1.54) is 6.42 Å². The van der Waals surface area contributed by atoms with E-state index in [2.05, 4.69) is 76.2 Å². The van der Waals surface area contributed by atoms with Gasteiger partial charge in [-0.05, 0) is 46.8 Å². The van der Waals surface area contributed by atoms with Gasteiger partial charge in [0.2, 0.25) is 0 Å². The van der Waals surface area contributed by atoms with Crippen LogP contribution >= 0.6 is 0 Å². The fraction of sp³-hybridized carbons (Fsp3) is 1.00. The zero-order valence-corrected chi connectivity index (χ0v) is 15.6. The van der Waals surface area contributed by atoms with Crippen molar-refractivity contribution in [2.45, 2.75) is 82.6 Å². The second kappa shape index (κ2) is 6.64. The molecule has 0 heterocycles. The minimum atomic E-state index is 0.373. The molecule has 19 heavy (non-hydrogen) atoms. The van der Waals surface area contributed by atoms with Crippen molar-refractivity contribution in [3.8, 4) is 0 Å². The van der Waals surface area contributed by atoms with Crippen molar-refractivity contribution < 1.29 is 0 Å². The molecule has 0 amide bonds. The zero-order chi connectivity index (χ0) is 15.6. The normalized spacial score (nSPS) is 17.4. The molecule has 0 fully saturated rings. The van der Waals surface area contributed by atoms with E-state index in [0.29, 0.717) is 10.8 Å². The van der Waals surface area contributed by atoms with Gasteiger partial charge >= 0.3 is 0 Å². The molecule has 0 aromatic heterocycles. The first-order chi connectivity index (χ1) is 8.31. The molecule has 0 radical (unpaired) electrons. The SMILES string of the molecule is CC(C)CC(C(C)C)C(C(C)(C)C)C(C)(C)C(C)C. The molecule has 0 nitrogen and oxygen atoms in total. The van der Waals surface area contributed by atoms with E-state index in [9.17, 15) is 0 Å². The lowest BCUT2D eigenvalue weighted by Crippen LogP contribution is -2.44. The molecular formula is C19H40. The predicted octanol–water partition coefficient (Wildman–Crippen LogP) is 6.65. The van der Waals surface area contributed by atoms with Gasteiger partial charge in [-0.3, -0.25) is 0 Å². The molecule has 0 aromatic carbocycles. The third-order valence-corrected chi connectivity index (χ3v) is 5.25. The van der Waals surface area contributed by atoms with Gasteiger partial charge < -0.3 is 0 Å². The van der Waals surface area contributed by atoms with E-state index < -0.39 is 0 Å². The molecule has 0 saturated carbocycles. The van der Waals surface area contributed by atoms with Gasteiger partial charge in [-0.15, -0.1) is 0 Å². The summed E-state index contributed by atoms with van der Waals surface area (Å²) in [6, 6.07) is 0. The van der Waals surface area contributed by atoms with Crippen LogP contribution in [0.1, 0.15) is 82.6 Å². The third kappa shape index (κ3) is 5.12. The van der Waals surface area contributed by atoms with Gasteiger partial charge in [-0.25, -0.2) is 0 Å². The lowest BCUT2D eigenvalue weighted by Gasteiger charge is -2.51. The highest BCUT2D eigenvalue weighted by molar-refractivity contribution is 4.93. The summed E-state index contributed by atoms with van der Waals surface area (Å²) in [5.41, 5.74) is 0.764. The topological polar surface area (TPSA) is 0 Å². The van der Waals surface area contributed by atoms with E-state index in [4.69, 9.17) is 0 Å². The molecule has 0 bridgehead atoms. The summed E-state index contributed by atoms with van der Waals surface area (Å²) in [5, 5.41) is 0. The van der Waals surface area contributed by atoms with Crippen molar-refractivity contribution in [1.29, 1.82) is 0 Å². The van der Waals surface area contributed by atoms with Crippen LogP contribution in [-0.4, -0.2) is 0 Å². The maximum absolute atomic E-state index is 2.49. The highest BCUT2D eigenvalue weighted by Gasteiger charge is 2.45. The van der Waals surface area contributed by atoms with E-state index in [0.717, 1.165) is 29.6 Å². The molecule has 0 aliphatic rings. The van der Waals surface area contributed by atoms with Crippen molar-refractivity contribution in [2.75, 3.05) is 0 Å². The summed E-state index contributed by atoms with van der Waals surface area (Å²) in [6.45, 7) is 26.7. The fourth-order valence-corrected chi connectivity index (χ4v) is 4.01. The van der Waals surface area contributed by atoms with Gasteiger partial charge in [0.05, 0.1) is 0 Å². The van der Waals surface area contributed by atoms with Crippen LogP contribution in [-0.2, 0) is 0 Å². The van der Waals surface area contributed by atoms with Crippen molar-refractivity contribution in [3.63, 3.8) is 0 Å². The van der Waals surface area contributed by atoms with Gasteiger partial charge in [0.25, 0.3) is 0 Å². The van der Waals surface area contributed by atoms with Crippen LogP contribution in [0.25, 0.3) is 0 Å². The Morgan fingerprint density at radius 2 is 1.16 bits per heavy atom. The van der Waals surface area contributed by atoms with E-state index in [-0.39, 0.29) is 0 Å². The smallest absolute Gasteiger partial charge is 0.0281 e. The molecule has 116 valence electrons. The monoisotopic (exact) mass is 268 g/mol. The summed E-state index contributed by atoms with van der Waals surface area (Å²) >= 11 is 0. The fourth-order valence-electron chi connectivity index (χ4n) is 4.01. The first kappa shape index (κ1) is 19.0. The number of rotatable bonds is 6. The molecule has 0 rings (SSSR count). The van der Waals surface area contributed by atoms with Crippen LogP contribution < -0.4 is 0 Å². The minimum absolute atomic E-state index is 0.373. The van der Waals surface area contributed by atoms with Crippen LogP contribution in [0, 0.1) is 40.4 Å². The summed E-state index contributed by atoms with van der Waals surface area (Å²) in [6.07, 6.45) is 1.36. The molecule has 0 spiro atoms. The second-order valence-electron chi connectivity index (χ2n) is 9.36. The Morgan fingerprint density at radius 3 is 1.37 bits per heavy atom. The van der Waals surface area contributed by atoms with Gasteiger partial charge in [-0.1, -0.05) is 76.2 Å². The first-order valence-corrected chi connectivity index (χ1v) is 8.31. The van der Waals surface area contributed by atoms with E-state index in [1.807, 2.05) is 0 Å². The molecule has 0 saturated heterocycles. The molecule has 0 aromatic rings. The second-order valence-corrected chi connectivity index (χ2v) is 9.36. The zero-order valence-electron chi connectivity index (χ0n) is 15.6. The van der Waals surface area contributed by atoms with Crippen molar-refractivity contribution in [2.24, 2.45) is 40.4 Å². The lowest BCUT2D eigenvalue weighted by molar-refractivity contribution is -0.0262. The van der Waals surface area contributed by atoms with Crippen LogP contribution in [0.5, 0.6) is 0 Å². The van der Waals surface area contributed by atoms with E-state index >= 15 is 0 Å². The van der Waals surface area contributed by atoms with E-state index in [1.54, 1.807) is 0 Å². The average molecular weight is 269 g/mol. The third-order valence-electron chi connectivity index (χ3n) is 5.25. The largest absolute Gasteiger partial charge is 0.0628 e. The molecule has 0 N–H and O–H groups in total. The molecule has 2 atom stereocenters. The molecule has 0 aliphatic heterocycles. The summed E-state index contributed by atoms with van der Waals surface area (Å²) in [4.78, 5) is 0. The van der Waals surface area contributed by atoms with Crippen molar-refractivity contribution in [1.82, 2.24) is 0 Å². The Morgan fingerprint density at radius 1 is 0.737 bits per heavy atom. The molecular weight excluding hydrogens is 228 g/mol. The number of hydrogen-bond donors (Lipinski definition) is 0. The van der Waals surface area contributed by atoms with Crippen LogP contribution in [0.15, 0.2) is 0 Å². The Kier molecular flexibility index (Phi) is 6.64. The van der Waals surface area contributed by atoms with Gasteiger partial charge in [0.1, 0.15) is 0 Å². The Bertz CT molecular complexity index is 250. The maximum Gasteiger partial charge on any atom is -0.0281 e. The van der Waals surface area contributed by atoms with Gasteiger partial charge in [-0.2, -0.15) is 0 Å². The highest BCUT2D eigenvalue weighted by atomic mass is 14.5. The molecule has 0 aliphatic carbocycles. The summed E-state index contributed by atoms with van der Waals surface area (Å²) < 4.78 is 0. The Labute approximate surface area is 123 Å². The summed E-state index contributed by atoms with van der Waals surface area (Å²) in [5.74, 6) is 3.87. The summed E-state index contributed by atoms with van der Waals surface area (Å²) in [7, 11) is 0. The van der Waals surface area contributed by atoms with Crippen LogP contribution in [0.3, 0.4) is 0 Å². The standard InChI is InChI=1S/C19H40/c1-13(2)12-16(14(3)4)17(18(7,8)9)19(10,11)15(5)6/h13-17H,12H2,1-11H3. The lowest BCUT2D eigenvalue weighted by atomic mass is 9.54. The Balaban J connectivity index is 5.57. The van der Waals surface area contributed by atoms with Crippen LogP contribution in [0.2, 0.25) is 0 Å². The Hall–Kier alpha value is 0. The van der Waals surface area contributed by atoms with Crippen molar-refractivity contribution >= 4 is 0 Å². The minimum Gasteiger partial charge on any atom is -0.0628 e. The van der Waals surface area contributed by atoms with Gasteiger partial charge in [0.15, 0.2) is 0 Å². The average Bonchev–Trinajstić information content (AvgIpc) is 2.12. The van der Waals surface area contributed by atoms with Crippen molar-refractivity contribution in [3.05, 3.63) is 0 Å². The first-order valence-electron chi connectivity index (χ1n) is 8.31. The van der Waals surface area contributed by atoms with Gasteiger partial charge in [0, 0.05) is 0 Å². The number of hydrogen-bond acceptors (Lipinski definition) is 0. The maximum atomic E-state index is 2.49. The quantitative estimate of drug-likeness (QED) is 0.506.